The molecule has 2 aliphatic heterocycles. The van der Waals surface area contributed by atoms with Gasteiger partial charge in [-0.3, -0.25) is 14.5 Å². The van der Waals surface area contributed by atoms with Gasteiger partial charge in [-0.1, -0.05) is 88.6 Å². The molecular weight excluding hydrogens is 388 g/mol. The molecule has 0 bridgehead atoms. The van der Waals surface area contributed by atoms with Crippen LogP contribution >= 0.6 is 24.0 Å². The summed E-state index contributed by atoms with van der Waals surface area (Å²) in [6, 6.07) is 7.78. The lowest BCUT2D eigenvalue weighted by atomic mass is 10.1. The number of rotatable bonds is 8. The first-order valence-corrected chi connectivity index (χ1v) is 11.4. The Labute approximate surface area is 177 Å². The lowest BCUT2D eigenvalue weighted by Gasteiger charge is -2.17. The lowest BCUT2D eigenvalue weighted by Crippen LogP contribution is -2.32. The van der Waals surface area contributed by atoms with Gasteiger partial charge in [0.1, 0.15) is 4.32 Å². The van der Waals surface area contributed by atoms with Gasteiger partial charge < -0.3 is 4.90 Å². The van der Waals surface area contributed by atoms with Gasteiger partial charge in [-0.25, -0.2) is 0 Å². The molecule has 150 valence electrons. The van der Waals surface area contributed by atoms with Crippen LogP contribution in [0.4, 0.5) is 5.69 Å². The van der Waals surface area contributed by atoms with Gasteiger partial charge in [0.15, 0.2) is 0 Å². The molecule has 0 aromatic heterocycles. The Bertz CT molecular complexity index is 817. The Balaban J connectivity index is 1.88. The van der Waals surface area contributed by atoms with Crippen molar-refractivity contribution >= 4 is 51.4 Å². The molecule has 2 amide bonds. The summed E-state index contributed by atoms with van der Waals surface area (Å²) in [5.74, 6) is 0.117. The third kappa shape index (κ3) is 4.18. The number of unbranched alkanes of at least 4 members (excludes halogenated alkanes) is 4. The molecule has 6 heteroatoms. The zero-order valence-electron chi connectivity index (χ0n) is 16.9. The molecular formula is C22H28N2O2S2. The van der Waals surface area contributed by atoms with E-state index in [0.717, 1.165) is 24.1 Å². The molecule has 2 heterocycles. The smallest absolute Gasteiger partial charge is 0.267 e. The zero-order valence-corrected chi connectivity index (χ0v) is 18.5. The predicted octanol–water partition coefficient (Wildman–Crippen LogP) is 5.23. The maximum atomic E-state index is 13.3. The SMILES string of the molecule is CCCCCCCN1C(=O)C(=C2SC(=S)N(CC(C)C)C2=O)c2ccccc21. The number of hydrogen-bond donors (Lipinski definition) is 0. The minimum atomic E-state index is -0.133. The van der Waals surface area contributed by atoms with Crippen molar-refractivity contribution in [1.29, 1.82) is 0 Å². The van der Waals surface area contributed by atoms with E-state index in [2.05, 4.69) is 20.8 Å². The summed E-state index contributed by atoms with van der Waals surface area (Å²) >= 11 is 6.70. The molecule has 1 saturated heterocycles. The van der Waals surface area contributed by atoms with E-state index in [0.29, 0.717) is 33.8 Å². The number of carbonyl (C=O) groups excluding carboxylic acids is 2. The molecule has 1 fully saturated rings. The number of amides is 2. The van der Waals surface area contributed by atoms with Crippen LogP contribution in [0, 0.1) is 5.92 Å². The van der Waals surface area contributed by atoms with E-state index in [-0.39, 0.29) is 11.8 Å². The van der Waals surface area contributed by atoms with Gasteiger partial charge >= 0.3 is 0 Å². The van der Waals surface area contributed by atoms with Gasteiger partial charge in [-0.15, -0.1) is 0 Å². The predicted molar refractivity (Wildman–Crippen MR) is 121 cm³/mol. The van der Waals surface area contributed by atoms with Crippen LogP contribution in [-0.4, -0.2) is 34.1 Å². The Morgan fingerprint density at radius 1 is 1.00 bits per heavy atom. The monoisotopic (exact) mass is 416 g/mol. The van der Waals surface area contributed by atoms with E-state index in [1.165, 1.54) is 31.0 Å². The van der Waals surface area contributed by atoms with Crippen molar-refractivity contribution in [2.24, 2.45) is 5.92 Å². The molecule has 1 aromatic carbocycles. The summed E-state index contributed by atoms with van der Waals surface area (Å²) in [4.78, 5) is 30.3. The highest BCUT2D eigenvalue weighted by Crippen LogP contribution is 2.44. The molecule has 1 aromatic rings. The Kier molecular flexibility index (Phi) is 6.94. The number of nitrogens with zero attached hydrogens (tertiary/aromatic N) is 2. The van der Waals surface area contributed by atoms with E-state index >= 15 is 0 Å². The van der Waals surface area contributed by atoms with Crippen LogP contribution in [-0.2, 0) is 9.59 Å². The van der Waals surface area contributed by atoms with Crippen molar-refractivity contribution in [3.63, 3.8) is 0 Å². The summed E-state index contributed by atoms with van der Waals surface area (Å²) in [6.07, 6.45) is 5.72. The second-order valence-corrected chi connectivity index (χ2v) is 9.41. The molecule has 4 nitrogen and oxygen atoms in total. The second kappa shape index (κ2) is 9.23. The van der Waals surface area contributed by atoms with E-state index in [1.807, 2.05) is 29.2 Å². The average Bonchev–Trinajstić information content (AvgIpc) is 3.09. The first-order valence-electron chi connectivity index (χ1n) is 10.1. The Morgan fingerprint density at radius 3 is 2.43 bits per heavy atom. The van der Waals surface area contributed by atoms with Crippen molar-refractivity contribution in [1.82, 2.24) is 4.90 Å². The van der Waals surface area contributed by atoms with Gasteiger partial charge in [0.2, 0.25) is 0 Å². The van der Waals surface area contributed by atoms with Crippen LogP contribution in [0.5, 0.6) is 0 Å². The molecule has 0 unspecified atom stereocenters. The highest BCUT2D eigenvalue weighted by Gasteiger charge is 2.41. The Hall–Kier alpha value is -1.66. The van der Waals surface area contributed by atoms with Crippen molar-refractivity contribution in [3.05, 3.63) is 34.7 Å². The fourth-order valence-corrected chi connectivity index (χ4v) is 5.01. The largest absolute Gasteiger partial charge is 0.308 e. The van der Waals surface area contributed by atoms with Gasteiger partial charge in [-0.2, -0.15) is 0 Å². The van der Waals surface area contributed by atoms with Gasteiger partial charge in [0, 0.05) is 18.7 Å². The average molecular weight is 417 g/mol. The highest BCUT2D eigenvalue weighted by molar-refractivity contribution is 8.26. The van der Waals surface area contributed by atoms with Crippen molar-refractivity contribution in [2.75, 3.05) is 18.0 Å². The summed E-state index contributed by atoms with van der Waals surface area (Å²) in [5.41, 5.74) is 2.28. The van der Waals surface area contributed by atoms with E-state index in [9.17, 15) is 9.59 Å². The number of thiocarbonyl (C=S) groups is 1. The maximum Gasteiger partial charge on any atom is 0.267 e. The quantitative estimate of drug-likeness (QED) is 0.330. The molecule has 0 N–H and O–H groups in total. The molecule has 0 saturated carbocycles. The van der Waals surface area contributed by atoms with Crippen molar-refractivity contribution in [3.8, 4) is 0 Å². The molecule has 0 aliphatic carbocycles. The number of carbonyl (C=O) groups is 2. The second-order valence-electron chi connectivity index (χ2n) is 7.77. The van der Waals surface area contributed by atoms with Crippen LogP contribution in [0.25, 0.3) is 5.57 Å². The molecule has 2 aliphatic rings. The number of anilines is 1. The van der Waals surface area contributed by atoms with Gasteiger partial charge in [0.25, 0.3) is 11.8 Å². The van der Waals surface area contributed by atoms with Crippen molar-refractivity contribution in [2.45, 2.75) is 52.9 Å². The normalized spacial score (nSPS) is 19.4. The van der Waals surface area contributed by atoms with E-state index in [4.69, 9.17) is 12.2 Å². The van der Waals surface area contributed by atoms with Crippen LogP contribution in [0.2, 0.25) is 0 Å². The first kappa shape index (κ1) is 21.1. The number of thioether (sulfide) groups is 1. The Morgan fingerprint density at radius 2 is 1.71 bits per heavy atom. The number of hydrogen-bond acceptors (Lipinski definition) is 4. The maximum absolute atomic E-state index is 13.3. The summed E-state index contributed by atoms with van der Waals surface area (Å²) in [6.45, 7) is 7.58. The summed E-state index contributed by atoms with van der Waals surface area (Å²) in [7, 11) is 0. The third-order valence-corrected chi connectivity index (χ3v) is 6.48. The number of para-hydroxylation sites is 1. The first-order chi connectivity index (χ1) is 13.5. The lowest BCUT2D eigenvalue weighted by molar-refractivity contribution is -0.122. The van der Waals surface area contributed by atoms with Crippen molar-refractivity contribution < 1.29 is 9.59 Å². The van der Waals surface area contributed by atoms with E-state index < -0.39 is 0 Å². The highest BCUT2D eigenvalue weighted by atomic mass is 32.2. The number of benzene rings is 1. The van der Waals surface area contributed by atoms with Gasteiger partial charge in [-0.05, 0) is 18.4 Å². The summed E-state index contributed by atoms with van der Waals surface area (Å²) < 4.78 is 0.546. The van der Waals surface area contributed by atoms with Crippen LogP contribution < -0.4 is 4.90 Å². The topological polar surface area (TPSA) is 40.6 Å². The molecule has 0 radical (unpaired) electrons. The zero-order chi connectivity index (χ0) is 20.3. The fourth-order valence-electron chi connectivity index (χ4n) is 3.67. The summed E-state index contributed by atoms with van der Waals surface area (Å²) in [5, 5.41) is 0. The molecule has 3 rings (SSSR count). The fraction of sp³-hybridized carbons (Fsp3) is 0.500. The molecule has 0 atom stereocenters. The molecule has 28 heavy (non-hydrogen) atoms. The minimum absolute atomic E-state index is 0.0678. The standard InChI is InChI=1S/C22H28N2O2S2/c1-4-5-6-7-10-13-23-17-12-9-8-11-16(17)18(20(23)25)19-21(26)24(14-15(2)3)22(27)28-19/h8-9,11-12,15H,4-7,10,13-14H2,1-3H3. The number of fused-ring (bicyclic) bond motifs is 1. The molecule has 0 spiro atoms. The van der Waals surface area contributed by atoms with Crippen LogP contribution in [0.1, 0.15) is 58.4 Å². The van der Waals surface area contributed by atoms with Gasteiger partial charge in [0.05, 0.1) is 16.2 Å². The van der Waals surface area contributed by atoms with Crippen LogP contribution in [0.3, 0.4) is 0 Å². The van der Waals surface area contributed by atoms with E-state index in [1.54, 1.807) is 4.90 Å². The minimum Gasteiger partial charge on any atom is -0.308 e. The van der Waals surface area contributed by atoms with Crippen LogP contribution in [0.15, 0.2) is 29.2 Å². The third-order valence-electron chi connectivity index (χ3n) is 5.03.